The molecule has 2 amide bonds. The normalized spacial score (nSPS) is 23.6. The van der Waals surface area contributed by atoms with Gasteiger partial charge in [0.05, 0.1) is 23.6 Å². The molecule has 11 nitrogen and oxygen atoms in total. The lowest BCUT2D eigenvalue weighted by Gasteiger charge is -2.47. The van der Waals surface area contributed by atoms with Gasteiger partial charge in [0.1, 0.15) is 61.4 Å². The number of rotatable bonds is 15. The summed E-state index contributed by atoms with van der Waals surface area (Å²) in [4.78, 5) is 35.7. The van der Waals surface area contributed by atoms with Crippen molar-refractivity contribution in [2.75, 3.05) is 52.8 Å². The van der Waals surface area contributed by atoms with Crippen LogP contribution in [0.25, 0.3) is 11.0 Å². The smallest absolute Gasteiger partial charge is 0.239 e. The van der Waals surface area contributed by atoms with Crippen LogP contribution < -0.4 is 10.6 Å². The third-order valence-corrected chi connectivity index (χ3v) is 10.8. The quantitative estimate of drug-likeness (QED) is 0.185. The lowest BCUT2D eigenvalue weighted by Crippen LogP contribution is -2.66. The van der Waals surface area contributed by atoms with Crippen molar-refractivity contribution in [3.63, 3.8) is 0 Å². The molecule has 0 bridgehead atoms. The van der Waals surface area contributed by atoms with Crippen LogP contribution in [0.5, 0.6) is 0 Å². The molecule has 1 aromatic carbocycles. The standard InChI is InChI=1S/C39H48F3N5O6/c1-38(2,34-17-27-18-43-12-11-32(27)53-34)47-14-13-46(30(20-47)37(51)45-39(22-40,23-41)24-42)19-28(48)16-26(15-25-7-4-3-5-8-25)36(50)44-29-9-6-10-33-35(29)31(49)21-52-33/h3-12,17-18,26,28-31,35,48-49H,13-16,19-24H2,1-2H3,(H,44,50)(H,45,51)/t26-,28+,29+,30+,31-,35?/m1/s1. The number of allylic oxidation sites excluding steroid dienone is 2. The molecule has 3 aromatic rings. The maximum Gasteiger partial charge on any atom is 0.239 e. The molecule has 0 spiro atoms. The topological polar surface area (TPSA) is 140 Å². The van der Waals surface area contributed by atoms with Crippen LogP contribution >= 0.6 is 0 Å². The number of β-amino-alcohol motifs (C(OH)–C–C–N with tert-alkyl or cyclic N) is 1. The van der Waals surface area contributed by atoms with Gasteiger partial charge in [-0.05, 0) is 50.5 Å². The van der Waals surface area contributed by atoms with Crippen LogP contribution in [0.3, 0.4) is 0 Å². The number of ether oxygens (including phenoxy) is 1. The van der Waals surface area contributed by atoms with Crippen LogP contribution in [-0.4, -0.2) is 119 Å². The first-order chi connectivity index (χ1) is 25.5. The van der Waals surface area contributed by atoms with Crippen molar-refractivity contribution >= 4 is 22.8 Å². The molecule has 4 heterocycles. The van der Waals surface area contributed by atoms with E-state index >= 15 is 0 Å². The van der Waals surface area contributed by atoms with Gasteiger partial charge in [0, 0.05) is 49.9 Å². The molecular formula is C39H48F3N5O6. The first-order valence-corrected chi connectivity index (χ1v) is 18.0. The highest BCUT2D eigenvalue weighted by molar-refractivity contribution is 5.83. The third kappa shape index (κ3) is 8.45. The van der Waals surface area contributed by atoms with Gasteiger partial charge >= 0.3 is 0 Å². The number of fused-ring (bicyclic) bond motifs is 2. The molecule has 2 aliphatic heterocycles. The van der Waals surface area contributed by atoms with Crippen LogP contribution in [0.15, 0.2) is 83.3 Å². The predicted molar refractivity (Wildman–Crippen MR) is 192 cm³/mol. The van der Waals surface area contributed by atoms with Crippen molar-refractivity contribution in [3.8, 4) is 0 Å². The predicted octanol–water partition coefficient (Wildman–Crippen LogP) is 3.37. The van der Waals surface area contributed by atoms with Crippen LogP contribution in [0.2, 0.25) is 0 Å². The van der Waals surface area contributed by atoms with E-state index < -0.39 is 73.1 Å². The lowest BCUT2D eigenvalue weighted by atomic mass is 9.88. The Kier molecular flexibility index (Phi) is 11.9. The monoisotopic (exact) mass is 739 g/mol. The molecule has 1 unspecified atom stereocenters. The first-order valence-electron chi connectivity index (χ1n) is 18.0. The summed E-state index contributed by atoms with van der Waals surface area (Å²) in [7, 11) is 0. The number of piperazine rings is 1. The van der Waals surface area contributed by atoms with Gasteiger partial charge in [-0.1, -0.05) is 42.5 Å². The molecule has 14 heteroatoms. The summed E-state index contributed by atoms with van der Waals surface area (Å²) < 4.78 is 53.6. The highest BCUT2D eigenvalue weighted by atomic mass is 19.1. The summed E-state index contributed by atoms with van der Waals surface area (Å²) >= 11 is 0. The number of nitrogens with zero attached hydrogens (tertiary/aromatic N) is 3. The van der Waals surface area contributed by atoms with E-state index in [0.717, 1.165) is 10.9 Å². The minimum absolute atomic E-state index is 0.0278. The Balaban J connectivity index is 1.20. The van der Waals surface area contributed by atoms with E-state index in [1.165, 1.54) is 0 Å². The third-order valence-electron chi connectivity index (χ3n) is 10.8. The zero-order valence-electron chi connectivity index (χ0n) is 30.0. The largest absolute Gasteiger partial charge is 0.495 e. The molecule has 6 rings (SSSR count). The number of alkyl halides is 3. The van der Waals surface area contributed by atoms with Gasteiger partial charge in [-0.3, -0.25) is 24.4 Å². The second-order valence-electron chi connectivity index (χ2n) is 14.9. The van der Waals surface area contributed by atoms with E-state index in [4.69, 9.17) is 9.15 Å². The molecule has 2 saturated heterocycles. The van der Waals surface area contributed by atoms with Gasteiger partial charge in [-0.25, -0.2) is 13.2 Å². The fraction of sp³-hybridized carbons (Fsp3) is 0.513. The van der Waals surface area contributed by atoms with Gasteiger partial charge in [0.15, 0.2) is 0 Å². The van der Waals surface area contributed by atoms with Crippen molar-refractivity contribution in [1.82, 2.24) is 25.4 Å². The number of aliphatic hydroxyl groups excluding tert-OH is 2. The highest BCUT2D eigenvalue weighted by Crippen LogP contribution is 2.35. The number of halogens is 3. The maximum atomic E-state index is 14.0. The molecular weight excluding hydrogens is 691 g/mol. The van der Waals surface area contributed by atoms with E-state index in [-0.39, 0.29) is 38.6 Å². The Bertz CT molecular complexity index is 1740. The number of aliphatic hydroxyl groups is 2. The molecule has 53 heavy (non-hydrogen) atoms. The number of benzene rings is 1. The number of amides is 2. The van der Waals surface area contributed by atoms with Gasteiger partial charge in [0.25, 0.3) is 0 Å². The number of aromatic nitrogens is 1. The van der Waals surface area contributed by atoms with E-state index in [1.807, 2.05) is 55.1 Å². The molecule has 3 aliphatic rings. The number of hydrogen-bond acceptors (Lipinski definition) is 9. The number of carbonyl (C=O) groups is 2. The van der Waals surface area contributed by atoms with Crippen LogP contribution in [0.1, 0.15) is 31.6 Å². The number of nitrogens with one attached hydrogen (secondary N) is 2. The van der Waals surface area contributed by atoms with E-state index in [0.29, 0.717) is 30.1 Å². The minimum Gasteiger partial charge on any atom is -0.495 e. The van der Waals surface area contributed by atoms with E-state index in [2.05, 4.69) is 15.6 Å². The Labute approximate surface area is 306 Å². The van der Waals surface area contributed by atoms with Crippen molar-refractivity contribution in [3.05, 3.63) is 90.2 Å². The number of carbonyl (C=O) groups excluding carboxylic acids is 2. The minimum atomic E-state index is -2.32. The lowest BCUT2D eigenvalue weighted by molar-refractivity contribution is -0.135. The molecule has 1 aliphatic carbocycles. The SMILES string of the molecule is CC(C)(c1cc2cnccc2o1)N1CCN(C[C@@H](O)C[C@@H](Cc2ccccc2)C(=O)N[C@H]2C=CC=C3OC[C@@H](O)C32)[C@H](C(=O)NC(CF)(CF)CF)C1. The average Bonchev–Trinajstić information content (AvgIpc) is 3.79. The van der Waals surface area contributed by atoms with Crippen LogP contribution in [0, 0.1) is 11.8 Å². The molecule has 2 fully saturated rings. The summed E-state index contributed by atoms with van der Waals surface area (Å²) in [6, 6.07) is 11.5. The summed E-state index contributed by atoms with van der Waals surface area (Å²) in [5.41, 5.74) is -1.52. The Hall–Kier alpha value is -4.24. The molecule has 0 saturated carbocycles. The van der Waals surface area contributed by atoms with Crippen molar-refractivity contribution in [2.45, 2.75) is 62.1 Å². The second-order valence-corrected chi connectivity index (χ2v) is 14.9. The van der Waals surface area contributed by atoms with Crippen molar-refractivity contribution < 1.29 is 42.1 Å². The Morgan fingerprint density at radius 2 is 1.85 bits per heavy atom. The second kappa shape index (κ2) is 16.4. The van der Waals surface area contributed by atoms with Crippen LogP contribution in [-0.2, 0) is 26.3 Å². The molecule has 0 radical (unpaired) electrons. The first kappa shape index (κ1) is 38.5. The number of furan rings is 1. The van der Waals surface area contributed by atoms with Gasteiger partial charge in [-0.2, -0.15) is 0 Å². The van der Waals surface area contributed by atoms with Crippen LogP contribution in [0.4, 0.5) is 13.2 Å². The van der Waals surface area contributed by atoms with E-state index in [9.17, 15) is 33.0 Å². The molecule has 6 atom stereocenters. The zero-order chi connectivity index (χ0) is 37.8. The van der Waals surface area contributed by atoms with Gasteiger partial charge in [-0.15, -0.1) is 0 Å². The van der Waals surface area contributed by atoms with Crippen molar-refractivity contribution in [2.24, 2.45) is 11.8 Å². The highest BCUT2D eigenvalue weighted by Gasteiger charge is 2.44. The molecule has 2 aromatic heterocycles. The van der Waals surface area contributed by atoms with E-state index in [1.54, 1.807) is 41.6 Å². The molecule has 4 N–H and O–H groups in total. The van der Waals surface area contributed by atoms with Crippen molar-refractivity contribution in [1.29, 1.82) is 0 Å². The maximum absolute atomic E-state index is 14.0. The Morgan fingerprint density at radius 1 is 1.09 bits per heavy atom. The summed E-state index contributed by atoms with van der Waals surface area (Å²) in [5, 5.41) is 28.3. The number of hydrogen-bond donors (Lipinski definition) is 4. The van der Waals surface area contributed by atoms with Gasteiger partial charge in [0.2, 0.25) is 11.8 Å². The fourth-order valence-corrected chi connectivity index (χ4v) is 7.50. The summed E-state index contributed by atoms with van der Waals surface area (Å²) in [6.45, 7) is 0.451. The fourth-order valence-electron chi connectivity index (χ4n) is 7.50. The van der Waals surface area contributed by atoms with Gasteiger partial charge < -0.3 is 30.0 Å². The molecule has 286 valence electrons. The average molecular weight is 740 g/mol. The zero-order valence-corrected chi connectivity index (χ0v) is 30.0. The summed E-state index contributed by atoms with van der Waals surface area (Å²) in [5.74, 6) is -0.979. The number of pyridine rings is 1. The Morgan fingerprint density at radius 3 is 2.57 bits per heavy atom. The summed E-state index contributed by atoms with van der Waals surface area (Å²) in [6.07, 6.45) is 7.14.